The van der Waals surface area contributed by atoms with E-state index in [0.29, 0.717) is 5.92 Å². The minimum atomic E-state index is -0.431. The summed E-state index contributed by atoms with van der Waals surface area (Å²) in [6.07, 6.45) is 4.15. The first-order chi connectivity index (χ1) is 8.76. The Kier molecular flexibility index (Phi) is 5.65. The molecule has 4 nitrogen and oxygen atoms in total. The Morgan fingerprint density at radius 1 is 1.37 bits per heavy atom. The van der Waals surface area contributed by atoms with E-state index in [1.165, 1.54) is 12.8 Å². The van der Waals surface area contributed by atoms with Crippen molar-refractivity contribution in [3.8, 4) is 0 Å². The lowest BCUT2D eigenvalue weighted by Crippen LogP contribution is -2.60. The number of nitrogens with one attached hydrogen (secondary N) is 2. The Hall–Kier alpha value is -0.770. The molecule has 1 atom stereocenters. The second-order valence-electron chi connectivity index (χ2n) is 6.91. The fraction of sp³-hybridized carbons (Fsp3) is 0.933. The number of amides is 1. The molecule has 19 heavy (non-hydrogen) atoms. The normalized spacial score (nSPS) is 19.4. The monoisotopic (exact) mass is 270 g/mol. The largest absolute Gasteiger partial charge is 0.444 e. The van der Waals surface area contributed by atoms with Crippen LogP contribution in [0.4, 0.5) is 4.79 Å². The summed E-state index contributed by atoms with van der Waals surface area (Å²) in [5, 5.41) is 6.53. The highest BCUT2D eigenvalue weighted by atomic mass is 16.6. The summed E-state index contributed by atoms with van der Waals surface area (Å²) >= 11 is 0. The predicted molar refractivity (Wildman–Crippen MR) is 78.3 cm³/mol. The average Bonchev–Trinajstić information content (AvgIpc) is 2.22. The third-order valence-electron chi connectivity index (χ3n) is 3.73. The number of carbonyl (C=O) groups is 1. The van der Waals surface area contributed by atoms with E-state index >= 15 is 0 Å². The summed E-state index contributed by atoms with van der Waals surface area (Å²) in [7, 11) is 0. The lowest BCUT2D eigenvalue weighted by Gasteiger charge is -2.43. The fourth-order valence-corrected chi connectivity index (χ4v) is 2.17. The summed E-state index contributed by atoms with van der Waals surface area (Å²) < 4.78 is 5.34. The minimum Gasteiger partial charge on any atom is -0.444 e. The van der Waals surface area contributed by atoms with E-state index in [9.17, 15) is 4.79 Å². The van der Waals surface area contributed by atoms with Gasteiger partial charge in [-0.05, 0) is 52.5 Å². The van der Waals surface area contributed by atoms with E-state index in [-0.39, 0.29) is 11.6 Å². The van der Waals surface area contributed by atoms with Crippen LogP contribution in [0, 0.1) is 5.92 Å². The van der Waals surface area contributed by atoms with Crippen molar-refractivity contribution in [3.05, 3.63) is 0 Å². The highest BCUT2D eigenvalue weighted by molar-refractivity contribution is 5.69. The SMILES string of the molecule is CCC(C)CNCC1(NC(=O)OC(C)(C)C)CCC1. The second kappa shape index (κ2) is 6.60. The highest BCUT2D eigenvalue weighted by Gasteiger charge is 2.39. The van der Waals surface area contributed by atoms with Crippen LogP contribution >= 0.6 is 0 Å². The van der Waals surface area contributed by atoms with E-state index in [1.807, 2.05) is 20.8 Å². The predicted octanol–water partition coefficient (Wildman–Crippen LogP) is 3.07. The van der Waals surface area contributed by atoms with Crippen LogP contribution in [0.1, 0.15) is 60.3 Å². The van der Waals surface area contributed by atoms with Gasteiger partial charge >= 0.3 is 6.09 Å². The van der Waals surface area contributed by atoms with Crippen molar-refractivity contribution >= 4 is 6.09 Å². The Bertz CT molecular complexity index is 293. The van der Waals surface area contributed by atoms with Gasteiger partial charge in [-0.25, -0.2) is 4.79 Å². The van der Waals surface area contributed by atoms with Gasteiger partial charge in [0.25, 0.3) is 0 Å². The Balaban J connectivity index is 2.37. The van der Waals surface area contributed by atoms with E-state index in [1.54, 1.807) is 0 Å². The molecule has 0 spiro atoms. The molecule has 1 aliphatic carbocycles. The number of rotatable bonds is 6. The van der Waals surface area contributed by atoms with Gasteiger partial charge in [-0.2, -0.15) is 0 Å². The van der Waals surface area contributed by atoms with Crippen molar-refractivity contribution in [2.75, 3.05) is 13.1 Å². The molecule has 0 aromatic rings. The maximum absolute atomic E-state index is 11.9. The van der Waals surface area contributed by atoms with Gasteiger partial charge in [0.15, 0.2) is 0 Å². The summed E-state index contributed by atoms with van der Waals surface area (Å²) in [4.78, 5) is 11.9. The zero-order valence-electron chi connectivity index (χ0n) is 13.1. The molecular weight excluding hydrogens is 240 g/mol. The molecule has 1 aliphatic rings. The van der Waals surface area contributed by atoms with Crippen LogP contribution in [0.2, 0.25) is 0 Å². The number of hydrogen-bond acceptors (Lipinski definition) is 3. The van der Waals surface area contributed by atoms with Crippen molar-refractivity contribution in [3.63, 3.8) is 0 Å². The van der Waals surface area contributed by atoms with Crippen molar-refractivity contribution < 1.29 is 9.53 Å². The summed E-state index contributed by atoms with van der Waals surface area (Å²) in [6.45, 7) is 12.0. The molecule has 0 radical (unpaired) electrons. The molecule has 4 heteroatoms. The number of hydrogen-bond donors (Lipinski definition) is 2. The molecule has 1 fully saturated rings. The van der Waals surface area contributed by atoms with Crippen molar-refractivity contribution in [1.29, 1.82) is 0 Å². The number of alkyl carbamates (subject to hydrolysis) is 1. The minimum absolute atomic E-state index is 0.0875. The molecule has 112 valence electrons. The summed E-state index contributed by atoms with van der Waals surface area (Å²) in [5.74, 6) is 0.679. The molecule has 2 N–H and O–H groups in total. The average molecular weight is 270 g/mol. The fourth-order valence-electron chi connectivity index (χ4n) is 2.17. The number of ether oxygens (including phenoxy) is 1. The molecule has 0 saturated heterocycles. The van der Waals surface area contributed by atoms with Crippen LogP contribution in [0.25, 0.3) is 0 Å². The zero-order chi connectivity index (χ0) is 14.5. The van der Waals surface area contributed by atoms with Gasteiger partial charge < -0.3 is 15.4 Å². The molecule has 1 amide bonds. The molecule has 1 saturated carbocycles. The molecule has 0 bridgehead atoms. The van der Waals surface area contributed by atoms with Crippen LogP contribution in [0.15, 0.2) is 0 Å². The van der Waals surface area contributed by atoms with Crippen molar-refractivity contribution in [2.45, 2.75) is 71.4 Å². The lowest BCUT2D eigenvalue weighted by atomic mass is 9.76. The van der Waals surface area contributed by atoms with E-state index in [4.69, 9.17) is 4.74 Å². The van der Waals surface area contributed by atoms with E-state index < -0.39 is 5.60 Å². The van der Waals surface area contributed by atoms with E-state index in [0.717, 1.165) is 25.9 Å². The second-order valence-corrected chi connectivity index (χ2v) is 6.91. The van der Waals surface area contributed by atoms with Crippen LogP contribution in [0.5, 0.6) is 0 Å². The first-order valence-electron chi connectivity index (χ1n) is 7.48. The highest BCUT2D eigenvalue weighted by Crippen LogP contribution is 2.31. The zero-order valence-corrected chi connectivity index (χ0v) is 13.1. The van der Waals surface area contributed by atoms with Gasteiger partial charge in [-0.1, -0.05) is 20.3 Å². The molecule has 0 aromatic heterocycles. The van der Waals surface area contributed by atoms with Gasteiger partial charge in [0.05, 0.1) is 5.54 Å². The van der Waals surface area contributed by atoms with Gasteiger partial charge in [-0.3, -0.25) is 0 Å². The molecular formula is C15H30N2O2. The van der Waals surface area contributed by atoms with Crippen LogP contribution < -0.4 is 10.6 Å². The Morgan fingerprint density at radius 3 is 2.42 bits per heavy atom. The smallest absolute Gasteiger partial charge is 0.408 e. The summed E-state index contributed by atoms with van der Waals surface area (Å²) in [5.41, 5.74) is -0.519. The van der Waals surface area contributed by atoms with Gasteiger partial charge in [-0.15, -0.1) is 0 Å². The summed E-state index contributed by atoms with van der Waals surface area (Å²) in [6, 6.07) is 0. The molecule has 1 rings (SSSR count). The topological polar surface area (TPSA) is 50.4 Å². The third kappa shape index (κ3) is 5.81. The van der Waals surface area contributed by atoms with E-state index in [2.05, 4.69) is 24.5 Å². The Labute approximate surface area is 117 Å². The third-order valence-corrected chi connectivity index (χ3v) is 3.73. The quantitative estimate of drug-likeness (QED) is 0.780. The van der Waals surface area contributed by atoms with Gasteiger partial charge in [0, 0.05) is 6.54 Å². The van der Waals surface area contributed by atoms with Crippen LogP contribution in [-0.4, -0.2) is 30.3 Å². The first kappa shape index (κ1) is 16.3. The number of carbonyl (C=O) groups excluding carboxylic acids is 1. The lowest BCUT2D eigenvalue weighted by molar-refractivity contribution is 0.0382. The maximum atomic E-state index is 11.9. The molecule has 1 unspecified atom stereocenters. The van der Waals surface area contributed by atoms with Gasteiger partial charge in [0.2, 0.25) is 0 Å². The Morgan fingerprint density at radius 2 is 2.00 bits per heavy atom. The van der Waals surface area contributed by atoms with Gasteiger partial charge in [0.1, 0.15) is 5.60 Å². The van der Waals surface area contributed by atoms with Crippen LogP contribution in [-0.2, 0) is 4.74 Å². The molecule has 0 aromatic carbocycles. The molecule has 0 heterocycles. The maximum Gasteiger partial charge on any atom is 0.408 e. The first-order valence-corrected chi connectivity index (χ1v) is 7.48. The van der Waals surface area contributed by atoms with Crippen molar-refractivity contribution in [1.82, 2.24) is 10.6 Å². The molecule has 0 aliphatic heterocycles. The van der Waals surface area contributed by atoms with Crippen molar-refractivity contribution in [2.24, 2.45) is 5.92 Å². The standard InChI is InChI=1S/C15H30N2O2/c1-6-12(2)10-16-11-15(8-7-9-15)17-13(18)19-14(3,4)5/h12,16H,6-11H2,1-5H3,(H,17,18). The van der Waals surface area contributed by atoms with Crippen LogP contribution in [0.3, 0.4) is 0 Å².